The highest BCUT2D eigenvalue weighted by Crippen LogP contribution is 2.46. The molecule has 0 aromatic carbocycles. The minimum absolute atomic E-state index is 0.0162. The maximum atomic E-state index is 13.3. The topological polar surface area (TPSA) is 168 Å². The highest BCUT2D eigenvalue weighted by atomic mass is 16.5. The quantitative estimate of drug-likeness (QED) is 0.250. The van der Waals surface area contributed by atoms with Crippen LogP contribution in [0.25, 0.3) is 5.65 Å². The van der Waals surface area contributed by atoms with Gasteiger partial charge < -0.3 is 19.6 Å². The fraction of sp³-hybridized carbons (Fsp3) is 0.438. The van der Waals surface area contributed by atoms with Gasteiger partial charge in [0.05, 0.1) is 23.5 Å². The molecule has 0 bridgehead atoms. The van der Waals surface area contributed by atoms with Crippen LogP contribution in [0.3, 0.4) is 0 Å². The lowest BCUT2D eigenvalue weighted by atomic mass is 10.1. The first-order chi connectivity index (χ1) is 21.9. The standard InChI is InChI=1S/C32H35N9O5/c1-17-7-8-33-28(34-17)22-10-23(22)30(43)38-25-11-26(36-18(2)35-25)46-15-21-13-39-12-20(19-5-6-19)9-24(29(39)37-21)40-14-27(42)41(31(40)44)16-32(3,4)45/h7-9,11-13,19,22-23,45H,5-6,10,14-16H2,1-4H3,(H,35,36,38,43)/t22-,23-/m0/s1. The number of pyridine rings is 1. The number of nitrogens with zero attached hydrogens (tertiary/aromatic N) is 8. The van der Waals surface area contributed by atoms with E-state index in [1.54, 1.807) is 33.0 Å². The van der Waals surface area contributed by atoms with Gasteiger partial charge in [-0.15, -0.1) is 0 Å². The number of carbonyl (C=O) groups is 3. The number of hydrogen-bond acceptors (Lipinski definition) is 10. The van der Waals surface area contributed by atoms with E-state index < -0.39 is 11.6 Å². The van der Waals surface area contributed by atoms with Crippen LogP contribution in [-0.2, 0) is 16.2 Å². The summed E-state index contributed by atoms with van der Waals surface area (Å²) in [5.74, 6) is 1.33. The fourth-order valence-corrected chi connectivity index (χ4v) is 5.79. The van der Waals surface area contributed by atoms with Gasteiger partial charge in [0.15, 0.2) is 5.65 Å². The van der Waals surface area contributed by atoms with E-state index in [1.807, 2.05) is 35.9 Å². The summed E-state index contributed by atoms with van der Waals surface area (Å²) < 4.78 is 7.86. The summed E-state index contributed by atoms with van der Waals surface area (Å²) in [7, 11) is 0. The molecule has 2 atom stereocenters. The smallest absolute Gasteiger partial charge is 0.331 e. The molecule has 0 unspecified atom stereocenters. The Bertz CT molecular complexity index is 1880. The van der Waals surface area contributed by atoms with Gasteiger partial charge in [-0.3, -0.25) is 19.4 Å². The average Bonchev–Trinajstić information content (AvgIpc) is 3.91. The second-order valence-corrected chi connectivity index (χ2v) is 13.0. The Morgan fingerprint density at radius 3 is 2.65 bits per heavy atom. The number of aryl methyl sites for hydroxylation is 2. The first-order valence-corrected chi connectivity index (χ1v) is 15.4. The van der Waals surface area contributed by atoms with Crippen molar-refractivity contribution >= 4 is 35.0 Å². The number of amides is 4. The molecule has 0 spiro atoms. The van der Waals surface area contributed by atoms with E-state index in [9.17, 15) is 19.5 Å². The van der Waals surface area contributed by atoms with Crippen LogP contribution in [0.1, 0.15) is 73.5 Å². The van der Waals surface area contributed by atoms with Crippen molar-refractivity contribution in [1.29, 1.82) is 0 Å². The lowest BCUT2D eigenvalue weighted by Crippen LogP contribution is -2.43. The fourth-order valence-electron chi connectivity index (χ4n) is 5.79. The van der Waals surface area contributed by atoms with Crippen molar-refractivity contribution in [3.63, 3.8) is 0 Å². The largest absolute Gasteiger partial charge is 0.471 e. The van der Waals surface area contributed by atoms with Gasteiger partial charge in [-0.1, -0.05) is 0 Å². The van der Waals surface area contributed by atoms with Gasteiger partial charge in [-0.05, 0) is 70.6 Å². The van der Waals surface area contributed by atoms with Crippen LogP contribution in [0, 0.1) is 19.8 Å². The summed E-state index contributed by atoms with van der Waals surface area (Å²) in [6, 6.07) is 4.84. The zero-order valence-corrected chi connectivity index (χ0v) is 26.1. The van der Waals surface area contributed by atoms with Crippen molar-refractivity contribution in [2.24, 2.45) is 5.92 Å². The summed E-state index contributed by atoms with van der Waals surface area (Å²) in [6.45, 7) is 6.57. The van der Waals surface area contributed by atoms with Crippen molar-refractivity contribution in [2.45, 2.75) is 71.0 Å². The number of anilines is 2. The Morgan fingerprint density at radius 1 is 1.11 bits per heavy atom. The van der Waals surface area contributed by atoms with Gasteiger partial charge >= 0.3 is 6.03 Å². The summed E-state index contributed by atoms with van der Waals surface area (Å²) in [5, 5.41) is 13.1. The van der Waals surface area contributed by atoms with Crippen LogP contribution in [0.4, 0.5) is 16.3 Å². The highest BCUT2D eigenvalue weighted by molar-refractivity contribution is 6.13. The molecule has 2 saturated carbocycles. The van der Waals surface area contributed by atoms with Crippen molar-refractivity contribution < 1.29 is 24.2 Å². The summed E-state index contributed by atoms with van der Waals surface area (Å²) in [5.41, 5.74) is 2.34. The Hall–Kier alpha value is -4.98. The van der Waals surface area contributed by atoms with Crippen LogP contribution in [0.15, 0.2) is 36.8 Å². The maximum Gasteiger partial charge on any atom is 0.331 e. The van der Waals surface area contributed by atoms with Crippen LogP contribution in [0.2, 0.25) is 0 Å². The molecule has 1 saturated heterocycles. The lowest BCUT2D eigenvalue weighted by Gasteiger charge is -2.24. The molecule has 46 heavy (non-hydrogen) atoms. The molecule has 7 rings (SSSR count). The molecule has 4 amide bonds. The number of ether oxygens (including phenoxy) is 1. The molecular formula is C32H35N9O5. The number of imide groups is 1. The molecule has 5 heterocycles. The third kappa shape index (κ3) is 6.12. The molecule has 4 aromatic heterocycles. The van der Waals surface area contributed by atoms with Crippen LogP contribution < -0.4 is 15.0 Å². The number of urea groups is 1. The van der Waals surface area contributed by atoms with Gasteiger partial charge in [0.25, 0.3) is 5.91 Å². The van der Waals surface area contributed by atoms with E-state index in [1.165, 1.54) is 4.90 Å². The number of aromatic nitrogens is 6. The van der Waals surface area contributed by atoms with Crippen LogP contribution in [0.5, 0.6) is 5.88 Å². The maximum absolute atomic E-state index is 13.3. The van der Waals surface area contributed by atoms with E-state index in [-0.39, 0.29) is 49.2 Å². The molecule has 2 N–H and O–H groups in total. The summed E-state index contributed by atoms with van der Waals surface area (Å²) >= 11 is 0. The monoisotopic (exact) mass is 625 g/mol. The third-order valence-electron chi connectivity index (χ3n) is 8.25. The number of β-amino-alcohol motifs (C(OH)–C–C–N with tert-alkyl or cyclic N) is 1. The second kappa shape index (κ2) is 11.1. The molecule has 2 aliphatic carbocycles. The lowest BCUT2D eigenvalue weighted by molar-refractivity contribution is -0.127. The SMILES string of the molecule is Cc1ccnc([C@H]2C[C@@H]2C(=O)Nc2cc(OCc3cn4cc(C5CC5)cc(N5CC(=O)N(CC(C)(C)O)C5=O)c4n3)nc(C)n2)n1. The minimum Gasteiger partial charge on any atom is -0.471 e. The molecule has 1 aliphatic heterocycles. The molecule has 0 radical (unpaired) electrons. The predicted molar refractivity (Wildman–Crippen MR) is 165 cm³/mol. The van der Waals surface area contributed by atoms with E-state index >= 15 is 0 Å². The number of carbonyl (C=O) groups excluding carboxylic acids is 3. The van der Waals surface area contributed by atoms with Gasteiger partial charge in [0.1, 0.15) is 30.6 Å². The van der Waals surface area contributed by atoms with Crippen molar-refractivity contribution in [3.8, 4) is 5.88 Å². The number of rotatable bonds is 10. The van der Waals surface area contributed by atoms with Crippen molar-refractivity contribution in [2.75, 3.05) is 23.3 Å². The van der Waals surface area contributed by atoms with E-state index in [0.29, 0.717) is 46.8 Å². The van der Waals surface area contributed by atoms with Crippen molar-refractivity contribution in [1.82, 2.24) is 34.2 Å². The van der Waals surface area contributed by atoms with Gasteiger partial charge in [-0.2, -0.15) is 4.98 Å². The first-order valence-electron chi connectivity index (χ1n) is 15.4. The number of imidazole rings is 1. The van der Waals surface area contributed by atoms with E-state index in [0.717, 1.165) is 29.0 Å². The Balaban J connectivity index is 1.07. The van der Waals surface area contributed by atoms with E-state index in [2.05, 4.69) is 25.3 Å². The first kappa shape index (κ1) is 29.7. The van der Waals surface area contributed by atoms with Gasteiger partial charge in [0.2, 0.25) is 11.8 Å². The minimum atomic E-state index is -1.22. The predicted octanol–water partition coefficient (Wildman–Crippen LogP) is 3.27. The van der Waals surface area contributed by atoms with E-state index in [4.69, 9.17) is 9.72 Å². The number of fused-ring (bicyclic) bond motifs is 1. The summed E-state index contributed by atoms with van der Waals surface area (Å²) in [6.07, 6.45) is 8.33. The Morgan fingerprint density at radius 2 is 1.91 bits per heavy atom. The number of aliphatic hydroxyl groups is 1. The highest BCUT2D eigenvalue weighted by Gasteiger charge is 2.46. The summed E-state index contributed by atoms with van der Waals surface area (Å²) in [4.78, 5) is 63.9. The number of hydrogen-bond donors (Lipinski definition) is 2. The Kier molecular flexibility index (Phi) is 7.18. The second-order valence-electron chi connectivity index (χ2n) is 13.0. The average molecular weight is 626 g/mol. The van der Waals surface area contributed by atoms with Crippen LogP contribution >= 0.6 is 0 Å². The zero-order valence-electron chi connectivity index (χ0n) is 26.1. The third-order valence-corrected chi connectivity index (χ3v) is 8.25. The zero-order chi connectivity index (χ0) is 32.3. The van der Waals surface area contributed by atoms with Gasteiger partial charge in [0, 0.05) is 42.2 Å². The Labute approximate surface area is 264 Å². The molecule has 14 heteroatoms. The molecule has 3 fully saturated rings. The van der Waals surface area contributed by atoms with Gasteiger partial charge in [-0.25, -0.2) is 24.7 Å². The molecule has 4 aromatic rings. The van der Waals surface area contributed by atoms with Crippen LogP contribution in [-0.4, -0.2) is 75.9 Å². The molecule has 14 nitrogen and oxygen atoms in total. The molecule has 238 valence electrons. The molecular weight excluding hydrogens is 590 g/mol. The number of nitrogens with one attached hydrogen (secondary N) is 1. The van der Waals surface area contributed by atoms with Crippen molar-refractivity contribution in [3.05, 3.63) is 65.4 Å². The normalized spacial score (nSPS) is 19.7. The molecule has 3 aliphatic rings.